The summed E-state index contributed by atoms with van der Waals surface area (Å²) < 4.78 is 39.5. The second-order valence-corrected chi connectivity index (χ2v) is 4.89. The first-order valence-electron chi connectivity index (χ1n) is 6.50. The zero-order valence-electron chi connectivity index (χ0n) is 11.3. The molecule has 3 aromatic rings. The summed E-state index contributed by atoms with van der Waals surface area (Å²) in [7, 11) is 0. The number of rotatable bonds is 1. The fourth-order valence-corrected chi connectivity index (χ4v) is 2.43. The lowest BCUT2D eigenvalue weighted by atomic mass is 9.99. The maximum absolute atomic E-state index is 13.2. The molecule has 0 atom stereocenters. The fourth-order valence-electron chi connectivity index (χ4n) is 2.43. The van der Waals surface area contributed by atoms with E-state index in [1.807, 2.05) is 24.3 Å². The number of hydrogen-bond donors (Lipinski definition) is 0. The van der Waals surface area contributed by atoms with Crippen molar-refractivity contribution in [3.63, 3.8) is 0 Å². The van der Waals surface area contributed by atoms with Crippen molar-refractivity contribution in [3.8, 4) is 11.3 Å². The van der Waals surface area contributed by atoms with E-state index in [1.54, 1.807) is 19.1 Å². The first kappa shape index (κ1) is 13.6. The molecule has 0 aliphatic heterocycles. The van der Waals surface area contributed by atoms with Gasteiger partial charge in [0, 0.05) is 10.9 Å². The zero-order valence-corrected chi connectivity index (χ0v) is 11.3. The summed E-state index contributed by atoms with van der Waals surface area (Å²) >= 11 is 0. The van der Waals surface area contributed by atoms with Crippen LogP contribution < -0.4 is 0 Å². The van der Waals surface area contributed by atoms with Crippen molar-refractivity contribution in [2.24, 2.45) is 0 Å². The monoisotopic (exact) mass is 287 g/mol. The van der Waals surface area contributed by atoms with Crippen LogP contribution in [0.15, 0.2) is 54.6 Å². The van der Waals surface area contributed by atoms with Crippen molar-refractivity contribution >= 4 is 10.9 Å². The van der Waals surface area contributed by atoms with Crippen LogP contribution >= 0.6 is 0 Å². The van der Waals surface area contributed by atoms with Crippen molar-refractivity contribution in [2.45, 2.75) is 13.1 Å². The molecule has 0 aliphatic rings. The molecule has 0 amide bonds. The molecular formula is C17H12F3N. The number of halogens is 3. The highest BCUT2D eigenvalue weighted by Crippen LogP contribution is 2.37. The largest absolute Gasteiger partial charge is 0.417 e. The topological polar surface area (TPSA) is 12.9 Å². The molecule has 0 radical (unpaired) electrons. The first-order valence-corrected chi connectivity index (χ1v) is 6.50. The molecule has 0 bridgehead atoms. The van der Waals surface area contributed by atoms with Gasteiger partial charge in [0.15, 0.2) is 0 Å². The zero-order chi connectivity index (χ0) is 15.0. The molecule has 0 saturated heterocycles. The second-order valence-electron chi connectivity index (χ2n) is 4.89. The number of pyridine rings is 1. The Morgan fingerprint density at radius 3 is 2.33 bits per heavy atom. The van der Waals surface area contributed by atoms with Crippen LogP contribution in [-0.2, 0) is 6.18 Å². The van der Waals surface area contributed by atoms with Gasteiger partial charge in [-0.15, -0.1) is 0 Å². The predicted molar refractivity (Wildman–Crippen MR) is 76.9 cm³/mol. The Hall–Kier alpha value is -2.36. The third-order valence-corrected chi connectivity index (χ3v) is 3.40. The van der Waals surface area contributed by atoms with Gasteiger partial charge in [0.05, 0.1) is 16.8 Å². The summed E-state index contributed by atoms with van der Waals surface area (Å²) in [4.78, 5) is 4.42. The summed E-state index contributed by atoms with van der Waals surface area (Å²) in [6.07, 6.45) is -4.39. The van der Waals surface area contributed by atoms with Gasteiger partial charge in [-0.1, -0.05) is 36.4 Å². The van der Waals surface area contributed by atoms with Gasteiger partial charge in [0.25, 0.3) is 0 Å². The van der Waals surface area contributed by atoms with Gasteiger partial charge in [-0.2, -0.15) is 13.2 Å². The van der Waals surface area contributed by atoms with E-state index in [-0.39, 0.29) is 5.56 Å². The Balaban J connectivity index is 2.28. The van der Waals surface area contributed by atoms with Crippen LogP contribution in [0.5, 0.6) is 0 Å². The number of aryl methyl sites for hydroxylation is 1. The minimum absolute atomic E-state index is 0.119. The van der Waals surface area contributed by atoms with E-state index in [0.29, 0.717) is 11.2 Å². The predicted octanol–water partition coefficient (Wildman–Crippen LogP) is 5.23. The molecule has 1 nitrogen and oxygen atoms in total. The Morgan fingerprint density at radius 2 is 1.57 bits per heavy atom. The molecule has 0 unspecified atom stereocenters. The summed E-state index contributed by atoms with van der Waals surface area (Å²) in [5.74, 6) is 0. The van der Waals surface area contributed by atoms with Gasteiger partial charge in [-0.05, 0) is 30.7 Å². The van der Waals surface area contributed by atoms with Crippen LogP contribution in [0, 0.1) is 6.92 Å². The molecular weight excluding hydrogens is 275 g/mol. The maximum Gasteiger partial charge on any atom is 0.417 e. The van der Waals surface area contributed by atoms with Gasteiger partial charge >= 0.3 is 6.18 Å². The van der Waals surface area contributed by atoms with E-state index in [0.717, 1.165) is 17.0 Å². The SMILES string of the molecule is Cc1cc2ccccc2nc1-c1ccccc1C(F)(F)F. The molecule has 2 aromatic carbocycles. The van der Waals surface area contributed by atoms with Gasteiger partial charge in [-0.3, -0.25) is 0 Å². The Kier molecular flexibility index (Phi) is 3.16. The normalized spacial score (nSPS) is 11.8. The first-order chi connectivity index (χ1) is 9.97. The van der Waals surface area contributed by atoms with Gasteiger partial charge in [0.2, 0.25) is 0 Å². The Bertz CT molecular complexity index is 806. The van der Waals surface area contributed by atoms with E-state index < -0.39 is 11.7 Å². The molecule has 4 heteroatoms. The highest BCUT2D eigenvalue weighted by atomic mass is 19.4. The molecule has 0 aliphatic carbocycles. The molecule has 0 fully saturated rings. The summed E-state index contributed by atoms with van der Waals surface area (Å²) in [5.41, 5.74) is 1.26. The molecule has 1 heterocycles. The molecule has 1 aromatic heterocycles. The van der Waals surface area contributed by atoms with Crippen LogP contribution in [-0.4, -0.2) is 4.98 Å². The number of alkyl halides is 3. The molecule has 0 spiro atoms. The van der Waals surface area contributed by atoms with Crippen LogP contribution in [0.25, 0.3) is 22.2 Å². The van der Waals surface area contributed by atoms with Gasteiger partial charge in [-0.25, -0.2) is 4.98 Å². The quantitative estimate of drug-likeness (QED) is 0.597. The van der Waals surface area contributed by atoms with Crippen LogP contribution in [0.2, 0.25) is 0 Å². The second kappa shape index (κ2) is 4.88. The minimum atomic E-state index is -4.39. The van der Waals surface area contributed by atoms with E-state index in [4.69, 9.17) is 0 Å². The lowest BCUT2D eigenvalue weighted by Gasteiger charge is -2.14. The van der Waals surface area contributed by atoms with Crippen LogP contribution in [0.1, 0.15) is 11.1 Å². The van der Waals surface area contributed by atoms with Crippen LogP contribution in [0.4, 0.5) is 13.2 Å². The van der Waals surface area contributed by atoms with E-state index in [1.165, 1.54) is 12.1 Å². The van der Waals surface area contributed by atoms with Crippen molar-refractivity contribution in [1.82, 2.24) is 4.98 Å². The highest BCUT2D eigenvalue weighted by molar-refractivity contribution is 5.83. The number of hydrogen-bond acceptors (Lipinski definition) is 1. The summed E-state index contributed by atoms with van der Waals surface area (Å²) in [6, 6.07) is 14.8. The standard InChI is InChI=1S/C17H12F3N/c1-11-10-12-6-2-5-9-15(12)21-16(11)13-7-3-4-8-14(13)17(18,19)20/h2-10H,1H3. The number of benzene rings is 2. The summed E-state index contributed by atoms with van der Waals surface area (Å²) in [6.45, 7) is 1.78. The molecule has 21 heavy (non-hydrogen) atoms. The van der Waals surface area contributed by atoms with E-state index in [9.17, 15) is 13.2 Å². The Morgan fingerprint density at radius 1 is 0.905 bits per heavy atom. The third-order valence-electron chi connectivity index (χ3n) is 3.40. The average molecular weight is 287 g/mol. The average Bonchev–Trinajstić information content (AvgIpc) is 2.45. The van der Waals surface area contributed by atoms with Gasteiger partial charge < -0.3 is 0 Å². The van der Waals surface area contributed by atoms with Crippen LogP contribution in [0.3, 0.4) is 0 Å². The number of fused-ring (bicyclic) bond motifs is 1. The fraction of sp³-hybridized carbons (Fsp3) is 0.118. The van der Waals surface area contributed by atoms with Crippen molar-refractivity contribution < 1.29 is 13.2 Å². The highest BCUT2D eigenvalue weighted by Gasteiger charge is 2.33. The Labute approximate surface area is 120 Å². The van der Waals surface area contributed by atoms with E-state index >= 15 is 0 Å². The lowest BCUT2D eigenvalue weighted by molar-refractivity contribution is -0.137. The number of aromatic nitrogens is 1. The molecule has 106 valence electrons. The minimum Gasteiger partial charge on any atom is -0.248 e. The molecule has 0 saturated carbocycles. The van der Waals surface area contributed by atoms with Crippen molar-refractivity contribution in [3.05, 3.63) is 65.7 Å². The van der Waals surface area contributed by atoms with Crippen molar-refractivity contribution in [2.75, 3.05) is 0 Å². The number of nitrogens with zero attached hydrogens (tertiary/aromatic N) is 1. The van der Waals surface area contributed by atoms with Gasteiger partial charge in [0.1, 0.15) is 0 Å². The maximum atomic E-state index is 13.2. The smallest absolute Gasteiger partial charge is 0.248 e. The molecule has 0 N–H and O–H groups in total. The van der Waals surface area contributed by atoms with Crippen molar-refractivity contribution in [1.29, 1.82) is 0 Å². The molecule has 3 rings (SSSR count). The van der Waals surface area contributed by atoms with E-state index in [2.05, 4.69) is 4.98 Å². The lowest BCUT2D eigenvalue weighted by Crippen LogP contribution is -2.08. The summed E-state index contributed by atoms with van der Waals surface area (Å²) in [5, 5.41) is 0.920. The number of para-hydroxylation sites is 1. The third kappa shape index (κ3) is 2.49.